The van der Waals surface area contributed by atoms with Crippen LogP contribution in [0.3, 0.4) is 0 Å². The summed E-state index contributed by atoms with van der Waals surface area (Å²) < 4.78 is 0. The highest BCUT2D eigenvalue weighted by Gasteiger charge is 2.05. The summed E-state index contributed by atoms with van der Waals surface area (Å²) in [6.45, 7) is 7.35. The number of nitrogens with zero attached hydrogens (tertiary/aromatic N) is 2. The van der Waals surface area contributed by atoms with E-state index in [1.807, 2.05) is 19.1 Å². The summed E-state index contributed by atoms with van der Waals surface area (Å²) in [6, 6.07) is 8.22. The second kappa shape index (κ2) is 5.67. The maximum atomic E-state index is 4.34. The number of H-pyrrole nitrogens is 1. The van der Waals surface area contributed by atoms with Crippen LogP contribution in [0.5, 0.6) is 0 Å². The van der Waals surface area contributed by atoms with Gasteiger partial charge in [-0.05, 0) is 25.0 Å². The zero-order chi connectivity index (χ0) is 13.0. The number of aryl methyl sites for hydroxylation is 1. The molecule has 96 valence electrons. The molecule has 2 rings (SSSR count). The van der Waals surface area contributed by atoms with Crippen molar-refractivity contribution in [1.82, 2.24) is 15.2 Å². The van der Waals surface area contributed by atoms with Gasteiger partial charge < -0.3 is 5.32 Å². The fourth-order valence-electron chi connectivity index (χ4n) is 1.68. The van der Waals surface area contributed by atoms with Crippen LogP contribution in [0.1, 0.15) is 26.1 Å². The van der Waals surface area contributed by atoms with Gasteiger partial charge in [-0.2, -0.15) is 5.10 Å². The summed E-state index contributed by atoms with van der Waals surface area (Å²) in [7, 11) is 0. The van der Waals surface area contributed by atoms with Crippen molar-refractivity contribution in [1.29, 1.82) is 0 Å². The van der Waals surface area contributed by atoms with Gasteiger partial charge in [0.2, 0.25) is 0 Å². The van der Waals surface area contributed by atoms with E-state index >= 15 is 0 Å². The maximum Gasteiger partial charge on any atom is 0.181 e. The monoisotopic (exact) mass is 244 g/mol. The molecule has 2 N–H and O–H groups in total. The molecule has 4 nitrogen and oxygen atoms in total. The smallest absolute Gasteiger partial charge is 0.181 e. The number of benzene rings is 1. The lowest BCUT2D eigenvalue weighted by atomic mass is 10.1. The zero-order valence-electron chi connectivity index (χ0n) is 11.2. The first-order valence-corrected chi connectivity index (χ1v) is 6.42. The van der Waals surface area contributed by atoms with Gasteiger partial charge in [0.15, 0.2) is 5.82 Å². The molecular weight excluding hydrogens is 224 g/mol. The quantitative estimate of drug-likeness (QED) is 0.849. The highest BCUT2D eigenvalue weighted by molar-refractivity contribution is 5.62. The summed E-state index contributed by atoms with van der Waals surface area (Å²) in [5.74, 6) is 2.27. The van der Waals surface area contributed by atoms with E-state index in [1.54, 1.807) is 0 Å². The van der Waals surface area contributed by atoms with E-state index in [4.69, 9.17) is 0 Å². The van der Waals surface area contributed by atoms with Crippen LogP contribution in [0.2, 0.25) is 0 Å². The second-order valence-electron chi connectivity index (χ2n) is 4.72. The van der Waals surface area contributed by atoms with Crippen molar-refractivity contribution in [3.05, 3.63) is 30.1 Å². The Kier molecular flexibility index (Phi) is 3.97. The normalized spacial score (nSPS) is 12.4. The third kappa shape index (κ3) is 3.09. The molecule has 0 amide bonds. The van der Waals surface area contributed by atoms with Crippen LogP contribution >= 0.6 is 0 Å². The summed E-state index contributed by atoms with van der Waals surface area (Å²) >= 11 is 0. The number of hydrogen-bond acceptors (Lipinski definition) is 3. The molecule has 0 aliphatic rings. The van der Waals surface area contributed by atoms with Gasteiger partial charge in [0, 0.05) is 17.8 Å². The van der Waals surface area contributed by atoms with Crippen molar-refractivity contribution in [3.8, 4) is 11.4 Å². The van der Waals surface area contributed by atoms with E-state index in [9.17, 15) is 0 Å². The first-order valence-electron chi connectivity index (χ1n) is 6.42. The van der Waals surface area contributed by atoms with Crippen LogP contribution in [0.15, 0.2) is 24.3 Å². The molecule has 0 radical (unpaired) electrons. The van der Waals surface area contributed by atoms with E-state index in [0.717, 1.165) is 29.4 Å². The van der Waals surface area contributed by atoms with Crippen LogP contribution in [0, 0.1) is 12.8 Å². The summed E-state index contributed by atoms with van der Waals surface area (Å²) in [4.78, 5) is 4.34. The molecule has 0 aliphatic carbocycles. The molecule has 1 unspecified atom stereocenters. The zero-order valence-corrected chi connectivity index (χ0v) is 11.2. The number of anilines is 1. The molecule has 1 aromatic heterocycles. The van der Waals surface area contributed by atoms with Crippen LogP contribution in [0.4, 0.5) is 5.69 Å². The van der Waals surface area contributed by atoms with E-state index in [1.165, 1.54) is 6.42 Å². The summed E-state index contributed by atoms with van der Waals surface area (Å²) in [5, 5.41) is 10.5. The Hall–Kier alpha value is -1.84. The van der Waals surface area contributed by atoms with Gasteiger partial charge in [-0.3, -0.25) is 5.10 Å². The largest absolute Gasteiger partial charge is 0.385 e. The maximum absolute atomic E-state index is 4.34. The Morgan fingerprint density at radius 1 is 1.39 bits per heavy atom. The van der Waals surface area contributed by atoms with Crippen molar-refractivity contribution < 1.29 is 0 Å². The van der Waals surface area contributed by atoms with E-state index < -0.39 is 0 Å². The van der Waals surface area contributed by atoms with Crippen molar-refractivity contribution in [2.24, 2.45) is 5.92 Å². The standard InChI is InChI=1S/C14H20N4/c1-4-10(2)9-15-13-7-5-6-12(8-13)14-16-11(3)17-18-14/h5-8,10,15H,4,9H2,1-3H3,(H,16,17,18). The average molecular weight is 244 g/mol. The third-order valence-corrected chi connectivity index (χ3v) is 3.07. The minimum absolute atomic E-state index is 0.680. The van der Waals surface area contributed by atoms with Crippen molar-refractivity contribution in [2.75, 3.05) is 11.9 Å². The molecular formula is C14H20N4. The first kappa shape index (κ1) is 12.6. The summed E-state index contributed by atoms with van der Waals surface area (Å²) in [6.07, 6.45) is 1.19. The second-order valence-corrected chi connectivity index (χ2v) is 4.72. The molecule has 2 aromatic rings. The van der Waals surface area contributed by atoms with Crippen molar-refractivity contribution >= 4 is 5.69 Å². The minimum Gasteiger partial charge on any atom is -0.385 e. The van der Waals surface area contributed by atoms with E-state index in [-0.39, 0.29) is 0 Å². The van der Waals surface area contributed by atoms with Gasteiger partial charge in [0.25, 0.3) is 0 Å². The third-order valence-electron chi connectivity index (χ3n) is 3.07. The molecule has 0 bridgehead atoms. The lowest BCUT2D eigenvalue weighted by Gasteiger charge is -2.11. The predicted molar refractivity (Wildman–Crippen MR) is 74.5 cm³/mol. The van der Waals surface area contributed by atoms with E-state index in [0.29, 0.717) is 5.92 Å². The fraction of sp³-hybridized carbons (Fsp3) is 0.429. The SMILES string of the molecule is CCC(C)CNc1cccc(-c2n[nH]c(C)n2)c1. The molecule has 4 heteroatoms. The van der Waals surface area contributed by atoms with Crippen LogP contribution in [-0.2, 0) is 0 Å². The molecule has 0 aliphatic heterocycles. The van der Waals surface area contributed by atoms with Gasteiger partial charge >= 0.3 is 0 Å². The van der Waals surface area contributed by atoms with Crippen molar-refractivity contribution in [3.63, 3.8) is 0 Å². The van der Waals surface area contributed by atoms with Crippen LogP contribution in [0.25, 0.3) is 11.4 Å². The van der Waals surface area contributed by atoms with Crippen LogP contribution < -0.4 is 5.32 Å². The lowest BCUT2D eigenvalue weighted by Crippen LogP contribution is -2.10. The minimum atomic E-state index is 0.680. The number of aromatic nitrogens is 3. The number of nitrogens with one attached hydrogen (secondary N) is 2. The Morgan fingerprint density at radius 3 is 2.89 bits per heavy atom. The summed E-state index contributed by atoms with van der Waals surface area (Å²) in [5.41, 5.74) is 2.16. The highest BCUT2D eigenvalue weighted by Crippen LogP contribution is 2.19. The Labute approximate surface area is 108 Å². The molecule has 1 aromatic carbocycles. The van der Waals surface area contributed by atoms with E-state index in [2.05, 4.69) is 46.5 Å². The lowest BCUT2D eigenvalue weighted by molar-refractivity contribution is 0.593. The topological polar surface area (TPSA) is 53.6 Å². The molecule has 0 saturated heterocycles. The molecule has 1 atom stereocenters. The first-order chi connectivity index (χ1) is 8.69. The van der Waals surface area contributed by atoms with Crippen LogP contribution in [-0.4, -0.2) is 21.7 Å². The molecule has 0 spiro atoms. The van der Waals surface area contributed by atoms with Gasteiger partial charge in [-0.15, -0.1) is 0 Å². The molecule has 0 fully saturated rings. The Morgan fingerprint density at radius 2 is 2.22 bits per heavy atom. The average Bonchev–Trinajstić information content (AvgIpc) is 2.83. The number of aromatic amines is 1. The highest BCUT2D eigenvalue weighted by atomic mass is 15.2. The number of rotatable bonds is 5. The fourth-order valence-corrected chi connectivity index (χ4v) is 1.68. The van der Waals surface area contributed by atoms with Gasteiger partial charge in [-0.1, -0.05) is 32.4 Å². The molecule has 18 heavy (non-hydrogen) atoms. The number of hydrogen-bond donors (Lipinski definition) is 2. The van der Waals surface area contributed by atoms with Crippen molar-refractivity contribution in [2.45, 2.75) is 27.2 Å². The molecule has 0 saturated carbocycles. The van der Waals surface area contributed by atoms with Gasteiger partial charge in [0.05, 0.1) is 0 Å². The molecule has 1 heterocycles. The van der Waals surface area contributed by atoms with Gasteiger partial charge in [-0.25, -0.2) is 4.98 Å². The van der Waals surface area contributed by atoms with Gasteiger partial charge in [0.1, 0.15) is 5.82 Å². The predicted octanol–water partition coefficient (Wildman–Crippen LogP) is 3.24. The Balaban J connectivity index is 2.10. The Bertz CT molecular complexity index is 504.